The number of rotatable bonds is 5. The molecular formula is C21H14Cl2N2O2. The zero-order valence-electron chi connectivity index (χ0n) is 14.0. The lowest BCUT2D eigenvalue weighted by atomic mass is 10.1. The summed E-state index contributed by atoms with van der Waals surface area (Å²) >= 11 is 12.2. The summed E-state index contributed by atoms with van der Waals surface area (Å²) in [6.45, 7) is 0. The molecule has 0 heterocycles. The Balaban J connectivity index is 2.11. The summed E-state index contributed by atoms with van der Waals surface area (Å²) < 4.78 is 0. The van der Waals surface area contributed by atoms with Crippen molar-refractivity contribution in [2.45, 2.75) is 0 Å². The van der Waals surface area contributed by atoms with Crippen molar-refractivity contribution in [3.05, 3.63) is 106 Å². The van der Waals surface area contributed by atoms with Crippen molar-refractivity contribution < 1.29 is 9.90 Å². The van der Waals surface area contributed by atoms with Crippen LogP contribution in [0, 0.1) is 0 Å². The van der Waals surface area contributed by atoms with Crippen molar-refractivity contribution >= 4 is 40.4 Å². The number of halogens is 2. The molecule has 0 bridgehead atoms. The van der Waals surface area contributed by atoms with Crippen LogP contribution in [0.25, 0.3) is 5.76 Å². The largest absolute Gasteiger partial charge is 0.505 e. The summed E-state index contributed by atoms with van der Waals surface area (Å²) in [4.78, 5) is 12.9. The Hall–Kier alpha value is -2.95. The van der Waals surface area contributed by atoms with Gasteiger partial charge in [0.1, 0.15) is 5.69 Å². The molecule has 0 saturated heterocycles. The molecule has 4 nitrogen and oxygen atoms in total. The Morgan fingerprint density at radius 3 is 1.81 bits per heavy atom. The van der Waals surface area contributed by atoms with E-state index in [2.05, 4.69) is 10.2 Å². The van der Waals surface area contributed by atoms with Gasteiger partial charge in [-0.3, -0.25) is 4.79 Å². The molecule has 6 heteroatoms. The van der Waals surface area contributed by atoms with Gasteiger partial charge in [-0.05, 0) is 12.1 Å². The lowest BCUT2D eigenvalue weighted by Crippen LogP contribution is -2.04. The molecule has 0 aliphatic heterocycles. The van der Waals surface area contributed by atoms with Crippen LogP contribution in [0.2, 0.25) is 10.0 Å². The lowest BCUT2D eigenvalue weighted by molar-refractivity contribution is 0.103. The molecule has 0 aromatic heterocycles. The maximum atomic E-state index is 12.9. The van der Waals surface area contributed by atoms with Crippen molar-refractivity contribution in [1.82, 2.24) is 0 Å². The fourth-order valence-corrected chi connectivity index (χ4v) is 2.82. The van der Waals surface area contributed by atoms with Gasteiger partial charge in [-0.25, -0.2) is 0 Å². The average molecular weight is 397 g/mol. The van der Waals surface area contributed by atoms with Crippen LogP contribution in [0.3, 0.4) is 0 Å². The standard InChI is InChI=1S/C21H14Cl2N2O2/c22-16-12-7-13-17(23)18(16)24-25-19(20(26)14-8-3-1-4-9-14)21(27)15-10-5-2-6-11-15/h1-13,26H/b20-19+,25-24?. The van der Waals surface area contributed by atoms with E-state index in [4.69, 9.17) is 23.2 Å². The van der Waals surface area contributed by atoms with E-state index in [0.717, 1.165) is 0 Å². The number of carbonyl (C=O) groups excluding carboxylic acids is 1. The second-order valence-corrected chi connectivity index (χ2v) is 6.34. The second-order valence-electron chi connectivity index (χ2n) is 5.53. The van der Waals surface area contributed by atoms with E-state index >= 15 is 0 Å². The Kier molecular flexibility index (Phi) is 6.01. The molecule has 1 N–H and O–H groups in total. The Morgan fingerprint density at radius 1 is 0.741 bits per heavy atom. The SMILES string of the molecule is O=C(/C(N=Nc1c(Cl)cccc1Cl)=C(\O)c1ccccc1)c1ccccc1. The number of Topliss-reactive ketones (excluding diaryl/α,β-unsaturated/α-hetero) is 1. The number of hydrogen-bond acceptors (Lipinski definition) is 4. The van der Waals surface area contributed by atoms with Crippen molar-refractivity contribution in [2.24, 2.45) is 10.2 Å². The smallest absolute Gasteiger partial charge is 0.217 e. The number of hydrogen-bond donors (Lipinski definition) is 1. The van der Waals surface area contributed by atoms with Gasteiger partial charge in [0.15, 0.2) is 11.5 Å². The highest BCUT2D eigenvalue weighted by molar-refractivity contribution is 6.38. The van der Waals surface area contributed by atoms with Gasteiger partial charge < -0.3 is 5.11 Å². The minimum Gasteiger partial charge on any atom is -0.505 e. The molecular weight excluding hydrogens is 383 g/mol. The van der Waals surface area contributed by atoms with Crippen molar-refractivity contribution in [2.75, 3.05) is 0 Å². The molecule has 0 unspecified atom stereocenters. The highest BCUT2D eigenvalue weighted by atomic mass is 35.5. The van der Waals surface area contributed by atoms with Gasteiger partial charge in [0.2, 0.25) is 5.78 Å². The van der Waals surface area contributed by atoms with E-state index in [-0.39, 0.29) is 27.2 Å². The van der Waals surface area contributed by atoms with Crippen LogP contribution in [0.15, 0.2) is 94.8 Å². The van der Waals surface area contributed by atoms with E-state index in [1.165, 1.54) is 0 Å². The van der Waals surface area contributed by atoms with Crippen LogP contribution in [0.4, 0.5) is 5.69 Å². The van der Waals surface area contributed by atoms with Crippen molar-refractivity contribution in [3.8, 4) is 0 Å². The predicted molar refractivity (Wildman–Crippen MR) is 108 cm³/mol. The highest BCUT2D eigenvalue weighted by Gasteiger charge is 2.19. The molecule has 3 rings (SSSR count). The summed E-state index contributed by atoms with van der Waals surface area (Å²) in [5.41, 5.74) is 0.837. The summed E-state index contributed by atoms with van der Waals surface area (Å²) in [7, 11) is 0. The Bertz CT molecular complexity index is 997. The van der Waals surface area contributed by atoms with Gasteiger partial charge >= 0.3 is 0 Å². The van der Waals surface area contributed by atoms with Crippen LogP contribution >= 0.6 is 23.2 Å². The van der Waals surface area contributed by atoms with E-state index in [1.807, 2.05) is 0 Å². The first-order chi connectivity index (χ1) is 13.1. The summed E-state index contributed by atoms with van der Waals surface area (Å²) in [5, 5.41) is 19.3. The van der Waals surface area contributed by atoms with Crippen LogP contribution in [0.1, 0.15) is 15.9 Å². The Labute approximate surface area is 166 Å². The predicted octanol–water partition coefficient (Wildman–Crippen LogP) is 6.89. The van der Waals surface area contributed by atoms with Crippen molar-refractivity contribution in [1.29, 1.82) is 0 Å². The molecule has 0 radical (unpaired) electrons. The highest BCUT2D eigenvalue weighted by Crippen LogP contribution is 2.34. The molecule has 134 valence electrons. The van der Waals surface area contributed by atoms with E-state index in [9.17, 15) is 9.90 Å². The maximum absolute atomic E-state index is 12.9. The average Bonchev–Trinajstić information content (AvgIpc) is 2.71. The molecule has 0 aliphatic rings. The van der Waals surface area contributed by atoms with Crippen LogP contribution in [-0.2, 0) is 0 Å². The first-order valence-electron chi connectivity index (χ1n) is 8.02. The van der Waals surface area contributed by atoms with Crippen LogP contribution in [0.5, 0.6) is 0 Å². The summed E-state index contributed by atoms with van der Waals surface area (Å²) in [6.07, 6.45) is 0. The second kappa shape index (κ2) is 8.62. The van der Waals surface area contributed by atoms with E-state index in [1.54, 1.807) is 78.9 Å². The molecule has 0 saturated carbocycles. The molecule has 0 spiro atoms. The van der Waals surface area contributed by atoms with Crippen molar-refractivity contribution in [3.63, 3.8) is 0 Å². The van der Waals surface area contributed by atoms with Crippen LogP contribution < -0.4 is 0 Å². The number of nitrogens with zero attached hydrogens (tertiary/aromatic N) is 2. The van der Waals surface area contributed by atoms with Gasteiger partial charge in [-0.2, -0.15) is 0 Å². The number of azo groups is 1. The van der Waals surface area contributed by atoms with Gasteiger partial charge in [0.25, 0.3) is 0 Å². The maximum Gasteiger partial charge on any atom is 0.217 e. The lowest BCUT2D eigenvalue weighted by Gasteiger charge is -2.06. The monoisotopic (exact) mass is 396 g/mol. The third-order valence-corrected chi connectivity index (χ3v) is 4.32. The normalized spacial score (nSPS) is 12.1. The van der Waals surface area contributed by atoms with Gasteiger partial charge in [-0.15, -0.1) is 10.2 Å². The quantitative estimate of drug-likeness (QED) is 0.221. The molecule has 0 amide bonds. The van der Waals surface area contributed by atoms with Gasteiger partial charge in [0, 0.05) is 11.1 Å². The molecule has 3 aromatic rings. The number of aliphatic hydroxyl groups excluding tert-OH is 1. The molecule has 3 aromatic carbocycles. The van der Waals surface area contributed by atoms with Gasteiger partial charge in [0.05, 0.1) is 10.0 Å². The molecule has 0 atom stereocenters. The summed E-state index contributed by atoms with van der Waals surface area (Å²) in [5.74, 6) is -0.750. The Morgan fingerprint density at radius 2 is 1.26 bits per heavy atom. The van der Waals surface area contributed by atoms with E-state index in [0.29, 0.717) is 11.1 Å². The molecule has 0 aliphatic carbocycles. The van der Waals surface area contributed by atoms with Crippen LogP contribution in [-0.4, -0.2) is 10.9 Å². The first-order valence-corrected chi connectivity index (χ1v) is 8.77. The minimum atomic E-state index is -0.469. The molecule has 0 fully saturated rings. The topological polar surface area (TPSA) is 62.0 Å². The fourth-order valence-electron chi connectivity index (χ4n) is 2.34. The van der Waals surface area contributed by atoms with Gasteiger partial charge in [-0.1, -0.05) is 89.9 Å². The minimum absolute atomic E-state index is 0.205. The first kappa shape index (κ1) is 18.8. The zero-order chi connectivity index (χ0) is 19.2. The third-order valence-electron chi connectivity index (χ3n) is 3.71. The summed E-state index contributed by atoms with van der Waals surface area (Å²) in [6, 6.07) is 22.1. The fraction of sp³-hybridized carbons (Fsp3) is 0. The molecule has 27 heavy (non-hydrogen) atoms. The number of aliphatic hydroxyl groups is 1. The number of allylic oxidation sites excluding steroid dienone is 1. The number of benzene rings is 3. The third kappa shape index (κ3) is 4.42. The number of ketones is 1. The number of carbonyl (C=O) groups is 1. The van der Waals surface area contributed by atoms with E-state index < -0.39 is 5.78 Å². The zero-order valence-corrected chi connectivity index (χ0v) is 15.5.